The van der Waals surface area contributed by atoms with Crippen molar-refractivity contribution in [2.75, 3.05) is 11.9 Å². The molecule has 3 aromatic rings. The number of aryl methyl sites for hydroxylation is 1. The summed E-state index contributed by atoms with van der Waals surface area (Å²) in [4.78, 5) is 16.0. The number of fused-ring (bicyclic) bond motifs is 1. The molecule has 0 bridgehead atoms. The van der Waals surface area contributed by atoms with E-state index in [1.165, 1.54) is 17.4 Å². The van der Waals surface area contributed by atoms with E-state index < -0.39 is 5.82 Å². The maximum absolute atomic E-state index is 13.6. The van der Waals surface area contributed by atoms with E-state index in [2.05, 4.69) is 26.2 Å². The number of amides is 1. The van der Waals surface area contributed by atoms with Crippen LogP contribution in [0, 0.1) is 12.7 Å². The number of thiazole rings is 1. The van der Waals surface area contributed by atoms with E-state index in [4.69, 9.17) is 4.74 Å². The Bertz CT molecular complexity index is 882. The topological polar surface area (TPSA) is 51.2 Å². The van der Waals surface area contributed by atoms with Gasteiger partial charge in [-0.25, -0.2) is 9.37 Å². The molecule has 0 atom stereocenters. The molecule has 1 amide bonds. The zero-order chi connectivity index (χ0) is 16.4. The van der Waals surface area contributed by atoms with Crippen molar-refractivity contribution in [1.29, 1.82) is 0 Å². The van der Waals surface area contributed by atoms with Crippen molar-refractivity contribution in [1.82, 2.24) is 4.98 Å². The van der Waals surface area contributed by atoms with Crippen LogP contribution in [0.1, 0.15) is 5.56 Å². The molecular formula is C16H12BrFN2O2S. The number of carbonyl (C=O) groups is 1. The number of nitrogens with one attached hydrogen (secondary N) is 1. The van der Waals surface area contributed by atoms with Crippen LogP contribution in [0.2, 0.25) is 0 Å². The SMILES string of the molecule is Cc1ccc(OCC(=O)Nc2nc3c(F)cccc3s2)c(Br)c1. The third-order valence-electron chi connectivity index (χ3n) is 3.06. The fourth-order valence-corrected chi connectivity index (χ4v) is 3.49. The number of halogens is 2. The van der Waals surface area contributed by atoms with Gasteiger partial charge in [-0.1, -0.05) is 23.5 Å². The van der Waals surface area contributed by atoms with Gasteiger partial charge in [0, 0.05) is 0 Å². The van der Waals surface area contributed by atoms with Gasteiger partial charge in [0.2, 0.25) is 0 Å². The number of rotatable bonds is 4. The molecule has 0 radical (unpaired) electrons. The van der Waals surface area contributed by atoms with E-state index in [0.717, 1.165) is 10.0 Å². The number of nitrogens with zero attached hydrogens (tertiary/aromatic N) is 1. The first-order valence-electron chi connectivity index (χ1n) is 6.77. The Morgan fingerprint density at radius 3 is 2.96 bits per heavy atom. The molecule has 0 unspecified atom stereocenters. The second-order valence-corrected chi connectivity index (χ2v) is 6.76. The van der Waals surface area contributed by atoms with Gasteiger partial charge in [0.1, 0.15) is 17.1 Å². The van der Waals surface area contributed by atoms with Crippen molar-refractivity contribution in [3.8, 4) is 5.75 Å². The van der Waals surface area contributed by atoms with Gasteiger partial charge in [0.15, 0.2) is 11.7 Å². The zero-order valence-corrected chi connectivity index (χ0v) is 14.5. The molecule has 23 heavy (non-hydrogen) atoms. The van der Waals surface area contributed by atoms with Gasteiger partial charge in [-0.3, -0.25) is 10.1 Å². The van der Waals surface area contributed by atoms with Crippen molar-refractivity contribution in [2.24, 2.45) is 0 Å². The predicted octanol–water partition coefficient (Wildman–Crippen LogP) is 4.52. The fraction of sp³-hybridized carbons (Fsp3) is 0.125. The van der Waals surface area contributed by atoms with Crippen molar-refractivity contribution < 1.29 is 13.9 Å². The monoisotopic (exact) mass is 394 g/mol. The molecule has 0 spiro atoms. The number of benzene rings is 2. The van der Waals surface area contributed by atoms with E-state index in [-0.39, 0.29) is 18.0 Å². The van der Waals surface area contributed by atoms with Gasteiger partial charge in [-0.2, -0.15) is 0 Å². The molecule has 0 aliphatic carbocycles. The van der Waals surface area contributed by atoms with Crippen LogP contribution >= 0.6 is 27.3 Å². The minimum absolute atomic E-state index is 0.153. The van der Waals surface area contributed by atoms with Crippen LogP contribution in [0.4, 0.5) is 9.52 Å². The Balaban J connectivity index is 1.65. The van der Waals surface area contributed by atoms with E-state index in [1.54, 1.807) is 18.2 Å². The predicted molar refractivity (Wildman–Crippen MR) is 92.6 cm³/mol. The average Bonchev–Trinajstić information content (AvgIpc) is 2.90. The molecule has 118 valence electrons. The lowest BCUT2D eigenvalue weighted by atomic mass is 10.2. The van der Waals surface area contributed by atoms with Gasteiger partial charge in [0.05, 0.1) is 9.17 Å². The van der Waals surface area contributed by atoms with Crippen LogP contribution in [0.15, 0.2) is 40.9 Å². The van der Waals surface area contributed by atoms with Crippen LogP contribution in [-0.2, 0) is 4.79 Å². The third-order valence-corrected chi connectivity index (χ3v) is 4.62. The highest BCUT2D eigenvalue weighted by molar-refractivity contribution is 9.10. The Labute approximate surface area is 144 Å². The van der Waals surface area contributed by atoms with E-state index in [9.17, 15) is 9.18 Å². The first-order chi connectivity index (χ1) is 11.0. The summed E-state index contributed by atoms with van der Waals surface area (Å²) in [6.07, 6.45) is 0. The second kappa shape index (κ2) is 6.64. The molecule has 1 heterocycles. The molecule has 0 aliphatic rings. The summed E-state index contributed by atoms with van der Waals surface area (Å²) in [5.74, 6) is -0.169. The lowest BCUT2D eigenvalue weighted by Gasteiger charge is -2.08. The van der Waals surface area contributed by atoms with Gasteiger partial charge in [-0.15, -0.1) is 0 Å². The number of carbonyl (C=O) groups excluding carboxylic acids is 1. The maximum Gasteiger partial charge on any atom is 0.264 e. The third kappa shape index (κ3) is 3.68. The molecule has 0 saturated heterocycles. The lowest BCUT2D eigenvalue weighted by Crippen LogP contribution is -2.20. The molecule has 0 saturated carbocycles. The Morgan fingerprint density at radius 2 is 2.22 bits per heavy atom. The molecule has 2 aromatic carbocycles. The number of para-hydroxylation sites is 1. The minimum atomic E-state index is -0.404. The Hall–Kier alpha value is -1.99. The lowest BCUT2D eigenvalue weighted by molar-refractivity contribution is -0.118. The zero-order valence-electron chi connectivity index (χ0n) is 12.1. The van der Waals surface area contributed by atoms with E-state index in [1.807, 2.05) is 19.1 Å². The number of hydrogen-bond acceptors (Lipinski definition) is 4. The van der Waals surface area contributed by atoms with Crippen molar-refractivity contribution in [2.45, 2.75) is 6.92 Å². The summed E-state index contributed by atoms with van der Waals surface area (Å²) in [6.45, 7) is 1.81. The van der Waals surface area contributed by atoms with Crippen LogP contribution in [0.3, 0.4) is 0 Å². The molecule has 7 heteroatoms. The van der Waals surface area contributed by atoms with Crippen LogP contribution in [0.25, 0.3) is 10.2 Å². The Morgan fingerprint density at radius 1 is 1.39 bits per heavy atom. The van der Waals surface area contributed by atoms with Crippen LogP contribution in [-0.4, -0.2) is 17.5 Å². The largest absolute Gasteiger partial charge is 0.483 e. The molecule has 0 fully saturated rings. The first-order valence-corrected chi connectivity index (χ1v) is 8.38. The summed E-state index contributed by atoms with van der Waals surface area (Å²) in [7, 11) is 0. The second-order valence-electron chi connectivity index (χ2n) is 4.88. The normalized spacial score (nSPS) is 10.7. The maximum atomic E-state index is 13.6. The molecule has 1 N–H and O–H groups in total. The minimum Gasteiger partial charge on any atom is -0.483 e. The highest BCUT2D eigenvalue weighted by atomic mass is 79.9. The smallest absolute Gasteiger partial charge is 0.264 e. The fourth-order valence-electron chi connectivity index (χ4n) is 1.99. The molecule has 3 rings (SSSR count). The highest BCUT2D eigenvalue weighted by Gasteiger charge is 2.11. The summed E-state index contributed by atoms with van der Waals surface area (Å²) in [5.41, 5.74) is 1.35. The molecule has 0 aliphatic heterocycles. The van der Waals surface area contributed by atoms with Gasteiger partial charge in [0.25, 0.3) is 5.91 Å². The number of aromatic nitrogens is 1. The van der Waals surface area contributed by atoms with Crippen molar-refractivity contribution in [3.05, 3.63) is 52.3 Å². The van der Waals surface area contributed by atoms with Gasteiger partial charge < -0.3 is 4.74 Å². The molecular weight excluding hydrogens is 383 g/mol. The number of anilines is 1. The van der Waals surface area contributed by atoms with Crippen molar-refractivity contribution >= 4 is 48.5 Å². The molecule has 1 aromatic heterocycles. The summed E-state index contributed by atoms with van der Waals surface area (Å²) >= 11 is 4.61. The Kier molecular flexibility index (Phi) is 4.58. The van der Waals surface area contributed by atoms with Crippen LogP contribution in [0.5, 0.6) is 5.75 Å². The van der Waals surface area contributed by atoms with E-state index >= 15 is 0 Å². The van der Waals surface area contributed by atoms with Crippen LogP contribution < -0.4 is 10.1 Å². The van der Waals surface area contributed by atoms with E-state index in [0.29, 0.717) is 15.6 Å². The quantitative estimate of drug-likeness (QED) is 0.707. The summed E-state index contributed by atoms with van der Waals surface area (Å²) in [5, 5.41) is 2.97. The molecule has 4 nitrogen and oxygen atoms in total. The summed E-state index contributed by atoms with van der Waals surface area (Å²) < 4.78 is 20.5. The van der Waals surface area contributed by atoms with Gasteiger partial charge >= 0.3 is 0 Å². The standard InChI is InChI=1S/C16H12BrFN2O2S/c1-9-5-6-12(10(17)7-9)22-8-14(21)19-16-20-15-11(18)3-2-4-13(15)23-16/h2-7H,8H2,1H3,(H,19,20,21). The number of ether oxygens (including phenoxy) is 1. The highest BCUT2D eigenvalue weighted by Crippen LogP contribution is 2.28. The van der Waals surface area contributed by atoms with Gasteiger partial charge in [-0.05, 0) is 52.7 Å². The first kappa shape index (κ1) is 15.9. The van der Waals surface area contributed by atoms with Crippen molar-refractivity contribution in [3.63, 3.8) is 0 Å². The number of hydrogen-bond donors (Lipinski definition) is 1. The average molecular weight is 395 g/mol. The summed E-state index contributed by atoms with van der Waals surface area (Å²) in [6, 6.07) is 10.3.